The highest BCUT2D eigenvalue weighted by atomic mass is 35.5. The van der Waals surface area contributed by atoms with Crippen LogP contribution in [0.4, 0.5) is 44.1 Å². The standard InChI is InChI=1S/C18H17FN4O2S.C14H10F4N4O7S.C8H6Cl2O3.C5H12NO4P/c1-4-5-22-13-7-12(11(19)6-14(13)25-9-16(22)24)20-17-23-10-18(2,3)8-15(23)21-26-17;15-11(16)28-8-5-9(29-12(17)18)20-13(19-8)21-14(25)22-30(26,27)7-4-2-1-3-6(7)10(23)24;1-13-7-5(10)3-2-4(9)6(7)8(11)12;1-11(9,10)3-2-4(6)5(7)8/h1,6-7H,5,8-10H2,2-3H3;1-5,11-12H,(H,23,24)(H2,19,20,21,22,25);2-3H,1H3,(H,11,12);4H,2-3,6H2,1H3,(H,7,8)(H,9,10)/b20-17-;;;. The minimum Gasteiger partial charge on any atom is -0.494 e. The maximum atomic E-state index is 14.5. The van der Waals surface area contributed by atoms with Gasteiger partial charge in [0, 0.05) is 43.4 Å². The molecule has 3 amide bonds. The molecule has 2 aromatic heterocycles. The van der Waals surface area contributed by atoms with Crippen LogP contribution in [0, 0.1) is 23.6 Å². The first-order valence-corrected chi connectivity index (χ1v) is 27.3. The molecule has 2 unspecified atom stereocenters. The summed E-state index contributed by atoms with van der Waals surface area (Å²) in [5, 5.41) is 28.1. The van der Waals surface area contributed by atoms with E-state index in [1.165, 1.54) is 71.3 Å². The van der Waals surface area contributed by atoms with Crippen molar-refractivity contribution >= 4 is 99.3 Å². The van der Waals surface area contributed by atoms with E-state index in [1.807, 2.05) is 4.57 Å². The van der Waals surface area contributed by atoms with Crippen LogP contribution < -0.4 is 44.4 Å². The molecule has 2 atom stereocenters. The summed E-state index contributed by atoms with van der Waals surface area (Å²) in [4.78, 5) is 77.0. The van der Waals surface area contributed by atoms with Crippen LogP contribution in [0.1, 0.15) is 46.8 Å². The van der Waals surface area contributed by atoms with Gasteiger partial charge in [-0.15, -0.1) is 6.42 Å². The summed E-state index contributed by atoms with van der Waals surface area (Å²) in [6.45, 7) is -0.581. The summed E-state index contributed by atoms with van der Waals surface area (Å²) in [7, 11) is -6.48. The summed E-state index contributed by atoms with van der Waals surface area (Å²) in [6, 6.07) is 7.84. The van der Waals surface area contributed by atoms with Gasteiger partial charge in [-0.3, -0.25) is 24.4 Å². The highest BCUT2D eigenvalue weighted by Gasteiger charge is 2.32. The molecule has 0 aliphatic carbocycles. The largest absolute Gasteiger partial charge is 0.494 e. The van der Waals surface area contributed by atoms with E-state index in [1.54, 1.807) is 5.32 Å². The molecule has 5 aromatic rings. The number of fused-ring (bicyclic) bond motifs is 2. The minimum absolute atomic E-state index is 0.0412. The van der Waals surface area contributed by atoms with Gasteiger partial charge in [-0.05, 0) is 42.2 Å². The molecule has 2 aliphatic rings. The molecular weight excluding hydrogens is 1180 g/mol. The van der Waals surface area contributed by atoms with Crippen LogP contribution in [-0.4, -0.2) is 130 Å². The third-order valence-corrected chi connectivity index (χ3v) is 13.9. The zero-order valence-corrected chi connectivity index (χ0v) is 45.6. The number of hydrogen-bond acceptors (Lipinski definition) is 18. The molecule has 0 saturated carbocycles. The number of aromatic nitrogens is 4. The Balaban J connectivity index is 0.000000248. The van der Waals surface area contributed by atoms with E-state index >= 15 is 0 Å². The number of aliphatic carboxylic acids is 1. The lowest BCUT2D eigenvalue weighted by molar-refractivity contribution is -0.138. The van der Waals surface area contributed by atoms with Crippen LogP contribution in [0.2, 0.25) is 10.0 Å². The maximum absolute atomic E-state index is 14.5. The van der Waals surface area contributed by atoms with Crippen LogP contribution in [0.3, 0.4) is 0 Å². The van der Waals surface area contributed by atoms with Gasteiger partial charge in [-0.25, -0.2) is 36.9 Å². The number of anilines is 2. The first-order valence-electron chi connectivity index (χ1n) is 22.0. The molecule has 0 bridgehead atoms. The number of halogens is 7. The van der Waals surface area contributed by atoms with E-state index in [-0.39, 0.29) is 64.1 Å². The van der Waals surface area contributed by atoms with Gasteiger partial charge in [0.05, 0.1) is 41.0 Å². The van der Waals surface area contributed by atoms with Crippen molar-refractivity contribution in [2.24, 2.45) is 16.1 Å². The molecule has 0 saturated heterocycles. The maximum Gasteiger partial charge on any atom is 0.388 e. The fourth-order valence-electron chi connectivity index (χ4n) is 6.63. The zero-order valence-electron chi connectivity index (χ0n) is 41.6. The number of ether oxygens (including phenoxy) is 4. The number of hydrogen-bond donors (Lipinski definition) is 7. The lowest BCUT2D eigenvalue weighted by Gasteiger charge is -2.28. The number of benzene rings is 3. The van der Waals surface area contributed by atoms with Crippen LogP contribution in [0.25, 0.3) is 0 Å². The first kappa shape index (κ1) is 64.9. The molecular formula is C45H45Cl2F5N9O16PS2. The Morgan fingerprint density at radius 2 is 1.62 bits per heavy atom. The Morgan fingerprint density at radius 1 is 1.01 bits per heavy atom. The molecule has 35 heteroatoms. The zero-order chi connectivity index (χ0) is 60.0. The van der Waals surface area contributed by atoms with Crippen molar-refractivity contribution in [1.29, 1.82) is 0 Å². The number of aromatic carboxylic acids is 2. The van der Waals surface area contributed by atoms with E-state index in [0.29, 0.717) is 22.3 Å². The fraction of sp³-hybridized carbons (Fsp3) is 0.311. The van der Waals surface area contributed by atoms with Gasteiger partial charge >= 0.3 is 37.2 Å². The molecule has 2 aliphatic heterocycles. The molecule has 0 radical (unpaired) electrons. The predicted molar refractivity (Wildman–Crippen MR) is 275 cm³/mol. The Hall–Kier alpha value is -7.66. The summed E-state index contributed by atoms with van der Waals surface area (Å²) < 4.78 is 125. The second-order valence-corrected chi connectivity index (χ2v) is 22.6. The van der Waals surface area contributed by atoms with Gasteiger partial charge in [0.1, 0.15) is 33.8 Å². The molecule has 3 aromatic carbocycles. The van der Waals surface area contributed by atoms with Gasteiger partial charge in [0.2, 0.25) is 22.5 Å². The van der Waals surface area contributed by atoms with E-state index < -0.39 is 94.6 Å². The number of carbonyl (C=O) groups excluding carboxylic acids is 2. The number of methoxy groups -OCH3 is 1. The molecule has 4 heterocycles. The average Bonchev–Trinajstić information content (AvgIpc) is 3.88. The summed E-state index contributed by atoms with van der Waals surface area (Å²) >= 11 is 12.6. The van der Waals surface area contributed by atoms with Gasteiger partial charge in [0.15, 0.2) is 25.5 Å². The van der Waals surface area contributed by atoms with Crippen LogP contribution in [0.15, 0.2) is 64.5 Å². The summed E-state index contributed by atoms with van der Waals surface area (Å²) in [6.07, 6.45) is 6.22. The Kier molecular flexibility index (Phi) is 22.7. The topological polar surface area (TPSA) is 364 Å². The molecule has 8 N–H and O–H groups in total. The number of carboxylic acids is 3. The van der Waals surface area contributed by atoms with Crippen molar-refractivity contribution < 1.29 is 98.1 Å². The average molecular weight is 1230 g/mol. The van der Waals surface area contributed by atoms with E-state index in [0.717, 1.165) is 30.9 Å². The van der Waals surface area contributed by atoms with Crippen molar-refractivity contribution in [3.63, 3.8) is 0 Å². The van der Waals surface area contributed by atoms with E-state index in [2.05, 4.69) is 48.6 Å². The number of terminal acetylenes is 1. The Bertz CT molecular complexity index is 3390. The third-order valence-electron chi connectivity index (χ3n) is 10.0. The van der Waals surface area contributed by atoms with Gasteiger partial charge in [0.25, 0.3) is 15.9 Å². The highest BCUT2D eigenvalue weighted by molar-refractivity contribution is 7.90. The van der Waals surface area contributed by atoms with Crippen molar-refractivity contribution in [3.05, 3.63) is 92.2 Å². The molecule has 0 spiro atoms. The monoisotopic (exact) mass is 1230 g/mol. The Labute approximate surface area is 463 Å². The number of nitrogens with two attached hydrogens (primary N) is 1. The smallest absolute Gasteiger partial charge is 0.388 e. The van der Waals surface area contributed by atoms with Crippen LogP contribution in [-0.2, 0) is 37.1 Å². The second kappa shape index (κ2) is 28.0. The number of nitrogens with one attached hydrogen (secondary N) is 2. The summed E-state index contributed by atoms with van der Waals surface area (Å²) in [5.74, 6) is -3.75. The normalized spacial score (nSPS) is 14.3. The SMILES string of the molecule is C#CCN1C(=O)COc2cc(F)c(/N=c3\snc4n3CC(C)(C)C4)cc21.COc1c(Cl)ccc(Cl)c1C(=O)O.CP(=O)(O)CCC(N)C(=O)O.O=C(Nc1nc(OC(F)F)cc(OC(F)F)n1)NS(=O)(=O)c1ccccc1C(=O)O. The Morgan fingerprint density at radius 3 is 2.16 bits per heavy atom. The van der Waals surface area contributed by atoms with Crippen molar-refractivity contribution in [3.8, 4) is 35.6 Å². The van der Waals surface area contributed by atoms with E-state index in [9.17, 15) is 58.9 Å². The molecule has 0 fully saturated rings. The molecule has 25 nitrogen and oxygen atoms in total. The third kappa shape index (κ3) is 18.7. The number of sulfonamides is 1. The van der Waals surface area contributed by atoms with Crippen LogP contribution >= 0.6 is 42.1 Å². The number of carbonyl (C=O) groups is 5. The van der Waals surface area contributed by atoms with Gasteiger partial charge in [-0.1, -0.05) is 55.1 Å². The molecule has 80 heavy (non-hydrogen) atoms. The second-order valence-electron chi connectivity index (χ2n) is 16.9. The quantitative estimate of drug-likeness (QED) is 0.0313. The van der Waals surface area contributed by atoms with Gasteiger partial charge < -0.3 is 49.5 Å². The number of urea groups is 1. The minimum atomic E-state index is -4.71. The number of carboxylic acid groups (broad SMARTS) is 3. The van der Waals surface area contributed by atoms with Crippen molar-refractivity contribution in [1.82, 2.24) is 23.6 Å². The number of nitrogens with zero attached hydrogens (tertiary/aromatic N) is 6. The molecule has 7 rings (SSSR count). The number of amides is 3. The predicted octanol–water partition coefficient (Wildman–Crippen LogP) is 6.53. The van der Waals surface area contributed by atoms with E-state index in [4.69, 9.17) is 65.0 Å². The fourth-order valence-corrected chi connectivity index (χ4v) is 9.71. The molecule has 432 valence electrons. The lowest BCUT2D eigenvalue weighted by Crippen LogP contribution is -2.39. The number of alkyl halides is 4. The van der Waals surface area contributed by atoms with Gasteiger partial charge in [-0.2, -0.15) is 31.9 Å². The van der Waals surface area contributed by atoms with Crippen molar-refractivity contribution in [2.45, 2.75) is 57.4 Å². The number of rotatable bonds is 16. The van der Waals surface area contributed by atoms with Crippen LogP contribution in [0.5, 0.6) is 23.3 Å². The highest BCUT2D eigenvalue weighted by Crippen LogP contribution is 2.39. The van der Waals surface area contributed by atoms with Crippen molar-refractivity contribution in [2.75, 3.05) is 43.3 Å². The summed E-state index contributed by atoms with van der Waals surface area (Å²) in [5.41, 5.74) is 5.01. The lowest BCUT2D eigenvalue weighted by atomic mass is 9.92. The first-order chi connectivity index (χ1) is 37.3.